The van der Waals surface area contributed by atoms with Crippen LogP contribution in [0.5, 0.6) is 0 Å². The van der Waals surface area contributed by atoms with Gasteiger partial charge < -0.3 is 9.15 Å². The van der Waals surface area contributed by atoms with E-state index in [1.54, 1.807) is 18.2 Å². The number of carbonyl (C=O) groups is 1. The van der Waals surface area contributed by atoms with E-state index >= 15 is 0 Å². The summed E-state index contributed by atoms with van der Waals surface area (Å²) in [7, 11) is 0. The van der Waals surface area contributed by atoms with Gasteiger partial charge >= 0.3 is 5.97 Å². The van der Waals surface area contributed by atoms with E-state index in [-0.39, 0.29) is 11.6 Å². The monoisotopic (exact) mass is 395 g/mol. The van der Waals surface area contributed by atoms with Crippen LogP contribution < -0.4 is 0 Å². The number of carbonyl (C=O) groups excluding carboxylic acids is 1. The number of nitrogens with zero attached hydrogens (tertiary/aromatic N) is 1. The van der Waals surface area contributed by atoms with Gasteiger partial charge in [0.1, 0.15) is 0 Å². The maximum absolute atomic E-state index is 11.8. The third-order valence-electron chi connectivity index (χ3n) is 2.58. The van der Waals surface area contributed by atoms with E-state index < -0.39 is 5.97 Å². The Kier molecular flexibility index (Phi) is 3.58. The summed E-state index contributed by atoms with van der Waals surface area (Å²) < 4.78 is 11.9. The zero-order chi connectivity index (χ0) is 14.1. The van der Waals surface area contributed by atoms with E-state index in [9.17, 15) is 4.79 Å². The van der Waals surface area contributed by atoms with Crippen LogP contribution in [0.15, 0.2) is 60.6 Å². The molecule has 1 aromatic carbocycles. The Hall–Kier alpha value is -1.66. The minimum Gasteiger partial charge on any atom is -0.444 e. The summed E-state index contributed by atoms with van der Waals surface area (Å²) in [6.07, 6.45) is 1.67. The lowest BCUT2D eigenvalue weighted by atomic mass is 10.2. The highest BCUT2D eigenvalue weighted by molar-refractivity contribution is 9.10. The van der Waals surface area contributed by atoms with Gasteiger partial charge in [-0.25, -0.2) is 9.79 Å². The van der Waals surface area contributed by atoms with Crippen molar-refractivity contribution in [2.75, 3.05) is 0 Å². The van der Waals surface area contributed by atoms with E-state index in [1.165, 1.54) is 0 Å². The standard InChI is InChI=1S/C14H7Br2NO3/c15-9-3-1-8(2-4-9)7-10-14(18)20-13(17-10)11-5-6-12(16)19-11/h1-7H/b10-7-. The van der Waals surface area contributed by atoms with Crippen LogP contribution in [0.4, 0.5) is 0 Å². The first kappa shape index (κ1) is 13.3. The van der Waals surface area contributed by atoms with Crippen LogP contribution >= 0.6 is 31.9 Å². The van der Waals surface area contributed by atoms with Gasteiger partial charge in [0.05, 0.1) is 0 Å². The normalized spacial score (nSPS) is 16.4. The molecule has 0 amide bonds. The van der Waals surface area contributed by atoms with Crippen molar-refractivity contribution in [2.24, 2.45) is 4.99 Å². The molecule has 0 atom stereocenters. The number of hydrogen-bond acceptors (Lipinski definition) is 4. The predicted octanol–water partition coefficient (Wildman–Crippen LogP) is 4.15. The van der Waals surface area contributed by atoms with Crippen molar-refractivity contribution in [2.45, 2.75) is 0 Å². The van der Waals surface area contributed by atoms with Crippen LogP contribution in [0.2, 0.25) is 0 Å². The highest BCUT2D eigenvalue weighted by atomic mass is 79.9. The summed E-state index contributed by atoms with van der Waals surface area (Å²) in [6, 6.07) is 10.9. The molecule has 100 valence electrons. The summed E-state index contributed by atoms with van der Waals surface area (Å²) in [6.45, 7) is 0. The summed E-state index contributed by atoms with van der Waals surface area (Å²) in [5.74, 6) is 0.0870. The number of esters is 1. The molecule has 0 spiro atoms. The highest BCUT2D eigenvalue weighted by Crippen LogP contribution is 2.22. The lowest BCUT2D eigenvalue weighted by Crippen LogP contribution is -2.04. The molecule has 1 aliphatic heterocycles. The molecular formula is C14H7Br2NO3. The molecule has 0 bridgehead atoms. The van der Waals surface area contributed by atoms with Crippen molar-refractivity contribution in [1.82, 2.24) is 0 Å². The zero-order valence-corrected chi connectivity index (χ0v) is 13.1. The lowest BCUT2D eigenvalue weighted by Gasteiger charge is -1.94. The second kappa shape index (κ2) is 5.38. The van der Waals surface area contributed by atoms with Gasteiger partial charge in [0.15, 0.2) is 16.1 Å². The molecule has 0 saturated carbocycles. The van der Waals surface area contributed by atoms with Crippen LogP contribution in [-0.4, -0.2) is 11.9 Å². The van der Waals surface area contributed by atoms with Gasteiger partial charge in [-0.3, -0.25) is 0 Å². The second-order valence-electron chi connectivity index (χ2n) is 3.99. The number of ether oxygens (including phenoxy) is 1. The average Bonchev–Trinajstić information content (AvgIpc) is 3.00. The second-order valence-corrected chi connectivity index (χ2v) is 5.69. The van der Waals surface area contributed by atoms with Crippen molar-refractivity contribution in [3.63, 3.8) is 0 Å². The SMILES string of the molecule is O=C1OC(c2ccc(Br)o2)=N/C1=C\c1ccc(Br)cc1. The Morgan fingerprint density at radius 1 is 1.05 bits per heavy atom. The molecule has 0 unspecified atom stereocenters. The van der Waals surface area contributed by atoms with Crippen molar-refractivity contribution in [3.8, 4) is 0 Å². The smallest absolute Gasteiger partial charge is 0.363 e. The molecule has 0 radical (unpaired) electrons. The highest BCUT2D eigenvalue weighted by Gasteiger charge is 2.26. The van der Waals surface area contributed by atoms with Gasteiger partial charge in [0, 0.05) is 4.47 Å². The number of aliphatic imine (C=N–C) groups is 1. The minimum absolute atomic E-state index is 0.170. The van der Waals surface area contributed by atoms with Crippen molar-refractivity contribution >= 4 is 49.8 Å². The van der Waals surface area contributed by atoms with Gasteiger partial charge in [-0.1, -0.05) is 28.1 Å². The minimum atomic E-state index is -0.490. The summed E-state index contributed by atoms with van der Waals surface area (Å²) in [4.78, 5) is 15.9. The van der Waals surface area contributed by atoms with Crippen molar-refractivity contribution < 1.29 is 13.9 Å². The van der Waals surface area contributed by atoms with Crippen molar-refractivity contribution in [1.29, 1.82) is 0 Å². The Morgan fingerprint density at radius 3 is 2.45 bits per heavy atom. The molecule has 0 aliphatic carbocycles. The van der Waals surface area contributed by atoms with Crippen LogP contribution in [0.3, 0.4) is 0 Å². The number of benzene rings is 1. The number of cyclic esters (lactones) is 1. The molecule has 6 heteroatoms. The molecule has 20 heavy (non-hydrogen) atoms. The van der Waals surface area contributed by atoms with Crippen LogP contribution in [0, 0.1) is 0 Å². The summed E-state index contributed by atoms with van der Waals surface area (Å²) in [5, 5.41) is 0. The molecule has 1 aromatic heterocycles. The first-order valence-corrected chi connectivity index (χ1v) is 7.24. The zero-order valence-electron chi connectivity index (χ0n) is 9.97. The molecular weight excluding hydrogens is 390 g/mol. The fourth-order valence-corrected chi connectivity index (χ4v) is 2.23. The molecule has 3 rings (SSSR count). The van der Waals surface area contributed by atoms with Gasteiger partial charge in [0.2, 0.25) is 0 Å². The Bertz CT molecular complexity index is 729. The lowest BCUT2D eigenvalue weighted by molar-refractivity contribution is -0.130. The third-order valence-corrected chi connectivity index (χ3v) is 3.53. The first-order valence-electron chi connectivity index (χ1n) is 5.66. The summed E-state index contributed by atoms with van der Waals surface area (Å²) >= 11 is 6.54. The fraction of sp³-hybridized carbons (Fsp3) is 0. The Labute approximate surface area is 131 Å². The first-order chi connectivity index (χ1) is 9.61. The van der Waals surface area contributed by atoms with E-state index in [0.717, 1.165) is 10.0 Å². The topological polar surface area (TPSA) is 51.8 Å². The average molecular weight is 397 g/mol. The molecule has 0 fully saturated rings. The van der Waals surface area contributed by atoms with Crippen LogP contribution in [-0.2, 0) is 9.53 Å². The molecule has 0 N–H and O–H groups in total. The van der Waals surface area contributed by atoms with E-state index in [4.69, 9.17) is 9.15 Å². The quantitative estimate of drug-likeness (QED) is 0.566. The van der Waals surface area contributed by atoms with E-state index in [0.29, 0.717) is 10.4 Å². The van der Waals surface area contributed by atoms with Gasteiger partial charge in [-0.2, -0.15) is 0 Å². The van der Waals surface area contributed by atoms with Crippen LogP contribution in [0.25, 0.3) is 6.08 Å². The number of hydrogen-bond donors (Lipinski definition) is 0. The van der Waals surface area contributed by atoms with Gasteiger partial charge in [0.25, 0.3) is 5.90 Å². The molecule has 0 saturated heterocycles. The molecule has 2 aromatic rings. The van der Waals surface area contributed by atoms with Gasteiger partial charge in [-0.15, -0.1) is 0 Å². The molecule has 4 nitrogen and oxygen atoms in total. The maximum atomic E-state index is 11.8. The maximum Gasteiger partial charge on any atom is 0.363 e. The molecule has 2 heterocycles. The van der Waals surface area contributed by atoms with Crippen LogP contribution in [0.1, 0.15) is 11.3 Å². The Balaban J connectivity index is 1.92. The van der Waals surface area contributed by atoms with E-state index in [2.05, 4.69) is 36.9 Å². The van der Waals surface area contributed by atoms with E-state index in [1.807, 2.05) is 24.3 Å². The predicted molar refractivity (Wildman–Crippen MR) is 81.2 cm³/mol. The Morgan fingerprint density at radius 2 is 1.80 bits per heavy atom. The largest absolute Gasteiger partial charge is 0.444 e. The third kappa shape index (κ3) is 2.76. The number of furan rings is 1. The number of rotatable bonds is 2. The molecule has 1 aliphatic rings. The van der Waals surface area contributed by atoms with Crippen molar-refractivity contribution in [3.05, 3.63) is 62.6 Å². The number of halogens is 2. The fourth-order valence-electron chi connectivity index (χ4n) is 1.66. The van der Waals surface area contributed by atoms with Gasteiger partial charge in [-0.05, 0) is 51.8 Å². The summed E-state index contributed by atoms with van der Waals surface area (Å²) in [5.41, 5.74) is 1.11.